The molecule has 1 aromatic rings. The Kier molecular flexibility index (Phi) is 2.60. The van der Waals surface area contributed by atoms with Crippen molar-refractivity contribution in [3.05, 3.63) is 29.8 Å². The van der Waals surface area contributed by atoms with Crippen molar-refractivity contribution in [1.82, 2.24) is 0 Å². The molecule has 3 N–H and O–H groups in total. The molecule has 1 aliphatic heterocycles. The second-order valence-corrected chi connectivity index (χ2v) is 3.85. The van der Waals surface area contributed by atoms with E-state index < -0.39 is 5.97 Å². The third-order valence-corrected chi connectivity index (χ3v) is 2.70. The smallest absolute Gasteiger partial charge is 0.335 e. The van der Waals surface area contributed by atoms with E-state index >= 15 is 0 Å². The Hall–Kier alpha value is -1.55. The molecule has 1 aliphatic rings. The van der Waals surface area contributed by atoms with Crippen molar-refractivity contribution in [2.75, 3.05) is 18.0 Å². The molecule has 80 valence electrons. The maximum Gasteiger partial charge on any atom is 0.335 e. The zero-order valence-corrected chi connectivity index (χ0v) is 8.39. The third-order valence-electron chi connectivity index (χ3n) is 2.70. The highest BCUT2D eigenvalue weighted by molar-refractivity contribution is 5.88. The molecule has 0 amide bonds. The Bertz CT molecular complexity index is 361. The minimum absolute atomic E-state index is 0.240. The lowest BCUT2D eigenvalue weighted by atomic mass is 10.2. The van der Waals surface area contributed by atoms with Crippen molar-refractivity contribution in [1.29, 1.82) is 0 Å². The minimum Gasteiger partial charge on any atom is -0.478 e. The fourth-order valence-corrected chi connectivity index (χ4v) is 1.84. The van der Waals surface area contributed by atoms with Crippen molar-refractivity contribution in [2.45, 2.75) is 12.5 Å². The number of carboxylic acids is 1. The third kappa shape index (κ3) is 2.10. The molecule has 0 saturated carbocycles. The van der Waals surface area contributed by atoms with E-state index in [0.717, 1.165) is 25.2 Å². The zero-order chi connectivity index (χ0) is 10.8. The van der Waals surface area contributed by atoms with Crippen LogP contribution >= 0.6 is 0 Å². The molecular formula is C11H14N2O2. The number of carboxylic acid groups (broad SMARTS) is 1. The van der Waals surface area contributed by atoms with Crippen molar-refractivity contribution in [3.8, 4) is 0 Å². The van der Waals surface area contributed by atoms with Crippen molar-refractivity contribution in [3.63, 3.8) is 0 Å². The van der Waals surface area contributed by atoms with E-state index in [1.807, 2.05) is 12.1 Å². The Morgan fingerprint density at radius 3 is 2.53 bits per heavy atom. The van der Waals surface area contributed by atoms with Crippen LogP contribution in [0.25, 0.3) is 0 Å². The minimum atomic E-state index is -0.889. The van der Waals surface area contributed by atoms with E-state index in [1.165, 1.54) is 0 Å². The molecule has 0 aliphatic carbocycles. The number of nitrogens with two attached hydrogens (primary N) is 1. The molecule has 0 bridgehead atoms. The van der Waals surface area contributed by atoms with Gasteiger partial charge in [-0.15, -0.1) is 0 Å². The standard InChI is InChI=1S/C11H14N2O2/c12-9-5-6-13(7-9)10-3-1-8(2-4-10)11(14)15/h1-4,9H,5-7,12H2,(H,14,15)/t9-/m0/s1. The van der Waals surface area contributed by atoms with Crippen LogP contribution in [0, 0.1) is 0 Å². The summed E-state index contributed by atoms with van der Waals surface area (Å²) in [6, 6.07) is 7.16. The van der Waals surface area contributed by atoms with Crippen LogP contribution in [-0.2, 0) is 0 Å². The molecule has 1 fully saturated rings. The molecule has 1 saturated heterocycles. The fourth-order valence-electron chi connectivity index (χ4n) is 1.84. The van der Waals surface area contributed by atoms with Gasteiger partial charge in [-0.05, 0) is 30.7 Å². The lowest BCUT2D eigenvalue weighted by molar-refractivity contribution is 0.0697. The number of anilines is 1. The average molecular weight is 206 g/mol. The first kappa shape index (κ1) is 9.98. The molecule has 0 radical (unpaired) electrons. The predicted molar refractivity (Wildman–Crippen MR) is 58.2 cm³/mol. The van der Waals surface area contributed by atoms with Gasteiger partial charge in [0.05, 0.1) is 5.56 Å². The monoisotopic (exact) mass is 206 g/mol. The summed E-state index contributed by atoms with van der Waals surface area (Å²) >= 11 is 0. The molecule has 4 heteroatoms. The summed E-state index contributed by atoms with van der Waals surface area (Å²) in [5.74, 6) is -0.889. The Morgan fingerprint density at radius 1 is 1.40 bits per heavy atom. The first-order valence-electron chi connectivity index (χ1n) is 5.00. The van der Waals surface area contributed by atoms with E-state index in [1.54, 1.807) is 12.1 Å². The van der Waals surface area contributed by atoms with Crippen LogP contribution in [0.3, 0.4) is 0 Å². The lowest BCUT2D eigenvalue weighted by Crippen LogP contribution is -2.26. The summed E-state index contributed by atoms with van der Waals surface area (Å²) in [5.41, 5.74) is 7.18. The predicted octanol–water partition coefficient (Wildman–Crippen LogP) is 0.922. The molecule has 1 aromatic carbocycles. The Balaban J connectivity index is 2.13. The van der Waals surface area contributed by atoms with E-state index in [-0.39, 0.29) is 6.04 Å². The van der Waals surface area contributed by atoms with Crippen LogP contribution in [0.5, 0.6) is 0 Å². The summed E-state index contributed by atoms with van der Waals surface area (Å²) < 4.78 is 0. The molecule has 4 nitrogen and oxygen atoms in total. The number of hydrogen-bond donors (Lipinski definition) is 2. The largest absolute Gasteiger partial charge is 0.478 e. The summed E-state index contributed by atoms with van der Waals surface area (Å²) in [6.07, 6.45) is 1.00. The number of carbonyl (C=O) groups is 1. The van der Waals surface area contributed by atoms with Gasteiger partial charge in [0.15, 0.2) is 0 Å². The molecule has 0 unspecified atom stereocenters. The van der Waals surface area contributed by atoms with Gasteiger partial charge in [0, 0.05) is 24.8 Å². The van der Waals surface area contributed by atoms with Gasteiger partial charge in [0.1, 0.15) is 0 Å². The zero-order valence-electron chi connectivity index (χ0n) is 8.39. The normalized spacial score (nSPS) is 20.6. The SMILES string of the molecule is N[C@H]1CCN(c2ccc(C(=O)O)cc2)C1. The van der Waals surface area contributed by atoms with E-state index in [0.29, 0.717) is 5.56 Å². The van der Waals surface area contributed by atoms with Crippen LogP contribution in [-0.4, -0.2) is 30.2 Å². The first-order valence-corrected chi connectivity index (χ1v) is 5.00. The van der Waals surface area contributed by atoms with Gasteiger partial charge in [-0.25, -0.2) is 4.79 Å². The van der Waals surface area contributed by atoms with Crippen LogP contribution in [0.4, 0.5) is 5.69 Å². The Morgan fingerprint density at radius 2 is 2.07 bits per heavy atom. The van der Waals surface area contributed by atoms with E-state index in [4.69, 9.17) is 10.8 Å². The Labute approximate surface area is 88.3 Å². The maximum atomic E-state index is 10.7. The topological polar surface area (TPSA) is 66.6 Å². The van der Waals surface area contributed by atoms with Gasteiger partial charge < -0.3 is 15.7 Å². The van der Waals surface area contributed by atoms with Gasteiger partial charge >= 0.3 is 5.97 Å². The van der Waals surface area contributed by atoms with Gasteiger partial charge in [-0.1, -0.05) is 0 Å². The number of nitrogens with zero attached hydrogens (tertiary/aromatic N) is 1. The van der Waals surface area contributed by atoms with Crippen LogP contribution in [0.2, 0.25) is 0 Å². The van der Waals surface area contributed by atoms with Gasteiger partial charge in [-0.2, -0.15) is 0 Å². The van der Waals surface area contributed by atoms with E-state index in [2.05, 4.69) is 4.90 Å². The summed E-state index contributed by atoms with van der Waals surface area (Å²) in [6.45, 7) is 1.81. The van der Waals surface area contributed by atoms with Crippen molar-refractivity contribution >= 4 is 11.7 Å². The highest BCUT2D eigenvalue weighted by Crippen LogP contribution is 2.19. The molecule has 1 atom stereocenters. The number of rotatable bonds is 2. The first-order chi connectivity index (χ1) is 7.16. The molecule has 1 heterocycles. The van der Waals surface area contributed by atoms with E-state index in [9.17, 15) is 4.79 Å². The summed E-state index contributed by atoms with van der Waals surface area (Å²) in [5, 5.41) is 8.75. The molecular weight excluding hydrogens is 192 g/mol. The van der Waals surface area contributed by atoms with Crippen molar-refractivity contribution in [2.24, 2.45) is 5.73 Å². The quantitative estimate of drug-likeness (QED) is 0.755. The second-order valence-electron chi connectivity index (χ2n) is 3.85. The molecule has 15 heavy (non-hydrogen) atoms. The fraction of sp³-hybridized carbons (Fsp3) is 0.364. The number of benzene rings is 1. The maximum absolute atomic E-state index is 10.7. The van der Waals surface area contributed by atoms with Gasteiger partial charge in [0.2, 0.25) is 0 Å². The summed E-state index contributed by atoms with van der Waals surface area (Å²) in [4.78, 5) is 12.8. The number of hydrogen-bond acceptors (Lipinski definition) is 3. The second kappa shape index (κ2) is 3.90. The van der Waals surface area contributed by atoms with Crippen LogP contribution in [0.1, 0.15) is 16.8 Å². The molecule has 0 spiro atoms. The van der Waals surface area contributed by atoms with Crippen LogP contribution < -0.4 is 10.6 Å². The van der Waals surface area contributed by atoms with Gasteiger partial charge in [0.25, 0.3) is 0 Å². The molecule has 2 rings (SSSR count). The summed E-state index contributed by atoms with van der Waals surface area (Å²) in [7, 11) is 0. The highest BCUT2D eigenvalue weighted by Gasteiger charge is 2.19. The number of aromatic carboxylic acids is 1. The van der Waals surface area contributed by atoms with Crippen LogP contribution in [0.15, 0.2) is 24.3 Å². The van der Waals surface area contributed by atoms with Gasteiger partial charge in [-0.3, -0.25) is 0 Å². The molecule has 0 aromatic heterocycles. The average Bonchev–Trinajstić information content (AvgIpc) is 2.65. The lowest BCUT2D eigenvalue weighted by Gasteiger charge is -2.17. The highest BCUT2D eigenvalue weighted by atomic mass is 16.4. The van der Waals surface area contributed by atoms with Crippen molar-refractivity contribution < 1.29 is 9.90 Å².